The molecule has 0 amide bonds. The van der Waals surface area contributed by atoms with E-state index in [0.29, 0.717) is 17.9 Å². The smallest absolute Gasteiger partial charge is 0.0514 e. The minimum absolute atomic E-state index is 0.606. The Morgan fingerprint density at radius 1 is 1.33 bits per heavy atom. The molecule has 21 heavy (non-hydrogen) atoms. The number of hydrogen-bond acceptors (Lipinski definition) is 2. The highest BCUT2D eigenvalue weighted by molar-refractivity contribution is 6.31. The van der Waals surface area contributed by atoms with Gasteiger partial charge in [-0.1, -0.05) is 23.7 Å². The molecule has 116 valence electrons. The summed E-state index contributed by atoms with van der Waals surface area (Å²) >= 11 is 6.20. The van der Waals surface area contributed by atoms with Crippen molar-refractivity contribution in [3.8, 4) is 0 Å². The predicted molar refractivity (Wildman–Crippen MR) is 88.1 cm³/mol. The van der Waals surface area contributed by atoms with Gasteiger partial charge in [0.25, 0.3) is 0 Å². The number of fused-ring (bicyclic) bond motifs is 2. The quantitative estimate of drug-likeness (QED) is 0.824. The standard InChI is InChI=1S/C18H26ClNO/c1-4-21-11-16-15(10-14-6-8-18(16)20(14)3)13-5-7-17(19)12(2)9-13/h5,7,9,14-16,18H,4,6,8,10-11H2,1-3H3/t14?,15-,16-,18?/m1/s1. The van der Waals surface area contributed by atoms with Crippen LogP contribution in [0.3, 0.4) is 0 Å². The third kappa shape index (κ3) is 2.86. The summed E-state index contributed by atoms with van der Waals surface area (Å²) in [5.74, 6) is 1.22. The molecule has 4 atom stereocenters. The molecule has 2 aliphatic rings. The Labute approximate surface area is 133 Å². The highest BCUT2D eigenvalue weighted by Gasteiger charge is 2.45. The minimum atomic E-state index is 0.606. The fraction of sp³-hybridized carbons (Fsp3) is 0.667. The van der Waals surface area contributed by atoms with E-state index < -0.39 is 0 Å². The van der Waals surface area contributed by atoms with Gasteiger partial charge in [-0.2, -0.15) is 0 Å². The van der Waals surface area contributed by atoms with Crippen LogP contribution in [0.2, 0.25) is 5.02 Å². The van der Waals surface area contributed by atoms with Gasteiger partial charge in [0, 0.05) is 29.6 Å². The van der Waals surface area contributed by atoms with Crippen LogP contribution in [-0.4, -0.2) is 37.2 Å². The molecule has 2 saturated heterocycles. The van der Waals surface area contributed by atoms with Crippen LogP contribution < -0.4 is 0 Å². The van der Waals surface area contributed by atoms with Crippen molar-refractivity contribution >= 4 is 11.6 Å². The minimum Gasteiger partial charge on any atom is -0.381 e. The summed E-state index contributed by atoms with van der Waals surface area (Å²) in [6.07, 6.45) is 3.92. The van der Waals surface area contributed by atoms with Crippen molar-refractivity contribution in [2.45, 2.75) is 51.1 Å². The number of piperidine rings is 1. The molecule has 2 unspecified atom stereocenters. The van der Waals surface area contributed by atoms with E-state index in [4.69, 9.17) is 16.3 Å². The third-order valence-electron chi connectivity index (χ3n) is 5.56. The van der Waals surface area contributed by atoms with Crippen molar-refractivity contribution < 1.29 is 4.74 Å². The summed E-state index contributed by atoms with van der Waals surface area (Å²) in [6, 6.07) is 8.00. The van der Waals surface area contributed by atoms with Gasteiger partial charge >= 0.3 is 0 Å². The van der Waals surface area contributed by atoms with Crippen LogP contribution in [0.4, 0.5) is 0 Å². The lowest BCUT2D eigenvalue weighted by atomic mass is 9.76. The third-order valence-corrected chi connectivity index (χ3v) is 5.98. The molecule has 0 spiro atoms. The SMILES string of the molecule is CCOC[C@H]1C2CCC(C[C@@H]1c1ccc(Cl)c(C)c1)N2C. The van der Waals surface area contributed by atoms with Gasteiger partial charge in [-0.15, -0.1) is 0 Å². The second-order valence-corrected chi connectivity index (χ2v) is 7.05. The maximum Gasteiger partial charge on any atom is 0.0514 e. The first-order valence-corrected chi connectivity index (χ1v) is 8.55. The van der Waals surface area contributed by atoms with E-state index >= 15 is 0 Å². The maximum atomic E-state index is 6.20. The van der Waals surface area contributed by atoms with E-state index in [2.05, 4.69) is 44.0 Å². The molecule has 2 aliphatic heterocycles. The molecule has 2 heterocycles. The average Bonchev–Trinajstić information content (AvgIpc) is 2.72. The van der Waals surface area contributed by atoms with E-state index in [0.717, 1.165) is 24.3 Å². The predicted octanol–water partition coefficient (Wildman–Crippen LogP) is 4.25. The van der Waals surface area contributed by atoms with Gasteiger partial charge in [0.05, 0.1) is 6.61 Å². The summed E-state index contributed by atoms with van der Waals surface area (Å²) < 4.78 is 5.82. The van der Waals surface area contributed by atoms with Gasteiger partial charge < -0.3 is 9.64 Å². The molecule has 2 bridgehead atoms. The van der Waals surface area contributed by atoms with Crippen LogP contribution in [-0.2, 0) is 4.74 Å². The Kier molecular flexibility index (Phi) is 4.58. The van der Waals surface area contributed by atoms with Gasteiger partial charge in [0.1, 0.15) is 0 Å². The second-order valence-electron chi connectivity index (χ2n) is 6.64. The van der Waals surface area contributed by atoms with E-state index in [1.54, 1.807) is 0 Å². The van der Waals surface area contributed by atoms with Crippen molar-refractivity contribution in [3.05, 3.63) is 34.3 Å². The lowest BCUT2D eigenvalue weighted by Crippen LogP contribution is -2.47. The Balaban J connectivity index is 1.88. The molecule has 2 fully saturated rings. The molecule has 1 aromatic rings. The molecule has 1 aromatic carbocycles. The number of rotatable bonds is 4. The molecule has 3 rings (SSSR count). The first-order valence-electron chi connectivity index (χ1n) is 8.17. The van der Waals surface area contributed by atoms with Gasteiger partial charge in [-0.05, 0) is 63.3 Å². The lowest BCUT2D eigenvalue weighted by molar-refractivity contribution is 0.0253. The number of ether oxygens (including phenoxy) is 1. The van der Waals surface area contributed by atoms with Crippen LogP contribution in [0, 0.1) is 12.8 Å². The molecular weight excluding hydrogens is 282 g/mol. The molecule has 3 heteroatoms. The number of nitrogens with zero attached hydrogens (tertiary/aromatic N) is 1. The number of aryl methyl sites for hydroxylation is 1. The largest absolute Gasteiger partial charge is 0.381 e. The van der Waals surface area contributed by atoms with E-state index in [9.17, 15) is 0 Å². The summed E-state index contributed by atoms with van der Waals surface area (Å²) in [4.78, 5) is 2.60. The molecule has 0 aliphatic carbocycles. The Bertz CT molecular complexity index is 504. The topological polar surface area (TPSA) is 12.5 Å². The van der Waals surface area contributed by atoms with E-state index in [-0.39, 0.29) is 0 Å². The fourth-order valence-electron chi connectivity index (χ4n) is 4.34. The zero-order valence-corrected chi connectivity index (χ0v) is 14.1. The van der Waals surface area contributed by atoms with E-state index in [1.807, 2.05) is 0 Å². The Morgan fingerprint density at radius 2 is 2.14 bits per heavy atom. The van der Waals surface area contributed by atoms with Crippen LogP contribution >= 0.6 is 11.6 Å². The van der Waals surface area contributed by atoms with Crippen LogP contribution in [0.1, 0.15) is 43.2 Å². The van der Waals surface area contributed by atoms with Gasteiger partial charge in [-0.25, -0.2) is 0 Å². The van der Waals surface area contributed by atoms with Gasteiger partial charge in [0.2, 0.25) is 0 Å². The van der Waals surface area contributed by atoms with Crippen molar-refractivity contribution in [2.75, 3.05) is 20.3 Å². The zero-order chi connectivity index (χ0) is 15.0. The average molecular weight is 308 g/mol. The van der Waals surface area contributed by atoms with Gasteiger partial charge in [0.15, 0.2) is 0 Å². The van der Waals surface area contributed by atoms with Crippen molar-refractivity contribution in [1.29, 1.82) is 0 Å². The van der Waals surface area contributed by atoms with Crippen molar-refractivity contribution in [2.24, 2.45) is 5.92 Å². The fourth-order valence-corrected chi connectivity index (χ4v) is 4.46. The molecule has 0 aromatic heterocycles. The summed E-state index contributed by atoms with van der Waals surface area (Å²) in [5.41, 5.74) is 2.64. The summed E-state index contributed by atoms with van der Waals surface area (Å²) in [6.45, 7) is 5.88. The molecule has 2 nitrogen and oxygen atoms in total. The molecule has 0 N–H and O–H groups in total. The van der Waals surface area contributed by atoms with Crippen LogP contribution in [0.25, 0.3) is 0 Å². The van der Waals surface area contributed by atoms with E-state index in [1.165, 1.54) is 30.4 Å². The number of halogens is 1. The number of benzene rings is 1. The van der Waals surface area contributed by atoms with Crippen LogP contribution in [0.5, 0.6) is 0 Å². The monoisotopic (exact) mass is 307 g/mol. The zero-order valence-electron chi connectivity index (χ0n) is 13.3. The van der Waals surface area contributed by atoms with Crippen molar-refractivity contribution in [3.63, 3.8) is 0 Å². The highest BCUT2D eigenvalue weighted by Crippen LogP contribution is 2.46. The first-order chi connectivity index (χ1) is 10.1. The lowest BCUT2D eigenvalue weighted by Gasteiger charge is -2.43. The molecule has 0 saturated carbocycles. The maximum absolute atomic E-state index is 6.20. The second kappa shape index (κ2) is 6.28. The first kappa shape index (κ1) is 15.3. The molecular formula is C18H26ClNO. The van der Waals surface area contributed by atoms with Crippen LogP contribution in [0.15, 0.2) is 18.2 Å². The number of hydrogen-bond donors (Lipinski definition) is 0. The summed E-state index contributed by atoms with van der Waals surface area (Å²) in [5, 5.41) is 0.871. The highest BCUT2D eigenvalue weighted by atomic mass is 35.5. The van der Waals surface area contributed by atoms with Gasteiger partial charge in [-0.3, -0.25) is 0 Å². The normalized spacial score (nSPS) is 32.6. The Morgan fingerprint density at radius 3 is 2.86 bits per heavy atom. The van der Waals surface area contributed by atoms with Crippen molar-refractivity contribution in [1.82, 2.24) is 4.90 Å². The summed E-state index contributed by atoms with van der Waals surface area (Å²) in [7, 11) is 2.30. The Hall–Kier alpha value is -0.570. The molecule has 0 radical (unpaired) electrons.